The summed E-state index contributed by atoms with van der Waals surface area (Å²) in [4.78, 5) is 0. The van der Waals surface area contributed by atoms with E-state index < -0.39 is 5.60 Å². The van der Waals surface area contributed by atoms with Crippen molar-refractivity contribution in [3.8, 4) is 11.5 Å². The van der Waals surface area contributed by atoms with Crippen LogP contribution in [0.3, 0.4) is 0 Å². The maximum absolute atomic E-state index is 10.0. The normalized spacial score (nSPS) is 20.2. The molecule has 0 unspecified atom stereocenters. The van der Waals surface area contributed by atoms with Gasteiger partial charge in [-0.25, -0.2) is 0 Å². The Morgan fingerprint density at radius 1 is 1.35 bits per heavy atom. The fourth-order valence-electron chi connectivity index (χ4n) is 2.22. The quantitative estimate of drug-likeness (QED) is 0.881. The Labute approximate surface area is 105 Å². The van der Waals surface area contributed by atoms with Gasteiger partial charge in [0.15, 0.2) is 11.5 Å². The third kappa shape index (κ3) is 1.98. The molecular weight excluding hydrogens is 240 g/mol. The molecule has 3 nitrogen and oxygen atoms in total. The Hall–Kier alpha value is -0.930. The Morgan fingerprint density at radius 2 is 2.06 bits per heavy atom. The molecule has 0 atom stereocenters. The van der Waals surface area contributed by atoms with Crippen LogP contribution in [0.4, 0.5) is 0 Å². The molecule has 0 radical (unpaired) electrons. The topological polar surface area (TPSA) is 38.7 Å². The molecule has 4 heteroatoms. The number of fused-ring (bicyclic) bond motifs is 1. The van der Waals surface area contributed by atoms with Crippen molar-refractivity contribution in [2.45, 2.75) is 31.8 Å². The van der Waals surface area contributed by atoms with Crippen LogP contribution in [0.1, 0.15) is 24.0 Å². The van der Waals surface area contributed by atoms with Crippen LogP contribution >= 0.6 is 11.6 Å². The fourth-order valence-corrected chi connectivity index (χ4v) is 2.53. The summed E-state index contributed by atoms with van der Waals surface area (Å²) in [5, 5.41) is 10.7. The molecule has 17 heavy (non-hydrogen) atoms. The van der Waals surface area contributed by atoms with Gasteiger partial charge in [0, 0.05) is 17.5 Å². The predicted molar refractivity (Wildman–Crippen MR) is 65.1 cm³/mol. The summed E-state index contributed by atoms with van der Waals surface area (Å²) in [6.07, 6.45) is 2.32. The Bertz CT molecular complexity index is 466. The van der Waals surface area contributed by atoms with Crippen LogP contribution in [0.5, 0.6) is 11.5 Å². The number of benzene rings is 1. The molecule has 1 aliphatic carbocycles. The number of hydrogen-bond donors (Lipinski definition) is 1. The van der Waals surface area contributed by atoms with Gasteiger partial charge in [0.2, 0.25) is 0 Å². The fraction of sp³-hybridized carbons (Fsp3) is 0.538. The van der Waals surface area contributed by atoms with Crippen LogP contribution in [0.2, 0.25) is 5.02 Å². The van der Waals surface area contributed by atoms with Crippen molar-refractivity contribution < 1.29 is 14.6 Å². The van der Waals surface area contributed by atoms with Gasteiger partial charge in [0.25, 0.3) is 0 Å². The highest BCUT2D eigenvalue weighted by Gasteiger charge is 2.41. The zero-order valence-electron chi connectivity index (χ0n) is 9.75. The lowest BCUT2D eigenvalue weighted by atomic mass is 9.99. The lowest BCUT2D eigenvalue weighted by Crippen LogP contribution is -2.18. The predicted octanol–water partition coefficient (Wildman–Crippen LogP) is 2.49. The van der Waals surface area contributed by atoms with Gasteiger partial charge in [0.05, 0.1) is 5.60 Å². The highest BCUT2D eigenvalue weighted by atomic mass is 35.5. The zero-order chi connectivity index (χ0) is 12.0. The molecule has 1 aliphatic heterocycles. The summed E-state index contributed by atoms with van der Waals surface area (Å²) in [6, 6.07) is 1.80. The molecule has 0 aromatic heterocycles. The minimum Gasteiger partial charge on any atom is -0.486 e. The van der Waals surface area contributed by atoms with Crippen molar-refractivity contribution in [1.29, 1.82) is 0 Å². The highest BCUT2D eigenvalue weighted by molar-refractivity contribution is 6.31. The van der Waals surface area contributed by atoms with Crippen LogP contribution in [0.15, 0.2) is 6.07 Å². The lowest BCUT2D eigenvalue weighted by Gasteiger charge is -2.23. The number of rotatable bonds is 2. The van der Waals surface area contributed by atoms with Crippen molar-refractivity contribution in [1.82, 2.24) is 0 Å². The van der Waals surface area contributed by atoms with E-state index in [9.17, 15) is 5.11 Å². The maximum Gasteiger partial charge on any atom is 0.164 e. The Balaban J connectivity index is 2.02. The second-order valence-corrected chi connectivity index (χ2v) is 5.29. The molecule has 2 aliphatic rings. The van der Waals surface area contributed by atoms with Crippen molar-refractivity contribution in [3.05, 3.63) is 22.2 Å². The molecular formula is C13H15ClO3. The van der Waals surface area contributed by atoms with Crippen LogP contribution in [-0.4, -0.2) is 23.9 Å². The highest BCUT2D eigenvalue weighted by Crippen LogP contribution is 2.45. The average Bonchev–Trinajstić information content (AvgIpc) is 3.03. The molecule has 0 amide bonds. The van der Waals surface area contributed by atoms with E-state index in [4.69, 9.17) is 21.1 Å². The van der Waals surface area contributed by atoms with Gasteiger partial charge in [-0.3, -0.25) is 0 Å². The second-order valence-electron chi connectivity index (χ2n) is 4.89. The maximum atomic E-state index is 10.0. The van der Waals surface area contributed by atoms with E-state index in [1.54, 1.807) is 6.07 Å². The summed E-state index contributed by atoms with van der Waals surface area (Å²) in [5.41, 5.74) is 1.43. The molecule has 1 aromatic carbocycles. The van der Waals surface area contributed by atoms with Crippen molar-refractivity contribution >= 4 is 11.6 Å². The van der Waals surface area contributed by atoms with Crippen LogP contribution in [-0.2, 0) is 6.42 Å². The van der Waals surface area contributed by atoms with E-state index in [-0.39, 0.29) is 0 Å². The monoisotopic (exact) mass is 254 g/mol. The van der Waals surface area contributed by atoms with E-state index in [0.29, 0.717) is 30.4 Å². The van der Waals surface area contributed by atoms with E-state index in [1.165, 1.54) is 0 Å². The molecule has 1 heterocycles. The van der Waals surface area contributed by atoms with E-state index in [1.807, 2.05) is 6.92 Å². The molecule has 1 saturated carbocycles. The van der Waals surface area contributed by atoms with Crippen molar-refractivity contribution in [3.63, 3.8) is 0 Å². The molecule has 1 aromatic rings. The van der Waals surface area contributed by atoms with Crippen LogP contribution in [0.25, 0.3) is 0 Å². The van der Waals surface area contributed by atoms with E-state index in [0.717, 1.165) is 29.7 Å². The lowest BCUT2D eigenvalue weighted by molar-refractivity contribution is 0.149. The summed E-state index contributed by atoms with van der Waals surface area (Å²) in [5.74, 6) is 1.49. The first-order chi connectivity index (χ1) is 8.09. The largest absolute Gasteiger partial charge is 0.486 e. The molecule has 0 spiro atoms. The van der Waals surface area contributed by atoms with Gasteiger partial charge in [-0.15, -0.1) is 0 Å². The van der Waals surface area contributed by atoms with Gasteiger partial charge >= 0.3 is 0 Å². The van der Waals surface area contributed by atoms with Crippen LogP contribution < -0.4 is 9.47 Å². The number of ether oxygens (including phenoxy) is 2. The molecule has 1 N–H and O–H groups in total. The van der Waals surface area contributed by atoms with E-state index in [2.05, 4.69) is 0 Å². The first-order valence-corrected chi connectivity index (χ1v) is 6.27. The third-order valence-corrected chi connectivity index (χ3v) is 3.82. The van der Waals surface area contributed by atoms with Crippen molar-refractivity contribution in [2.24, 2.45) is 0 Å². The summed E-state index contributed by atoms with van der Waals surface area (Å²) in [6.45, 7) is 3.10. The summed E-state index contributed by atoms with van der Waals surface area (Å²) >= 11 is 6.25. The first-order valence-electron chi connectivity index (χ1n) is 5.89. The minimum absolute atomic E-state index is 0.543. The molecule has 0 saturated heterocycles. The number of hydrogen-bond acceptors (Lipinski definition) is 3. The van der Waals surface area contributed by atoms with Gasteiger partial charge in [-0.05, 0) is 30.9 Å². The number of aliphatic hydroxyl groups is 1. The minimum atomic E-state index is -0.543. The Morgan fingerprint density at radius 3 is 2.76 bits per heavy atom. The molecule has 92 valence electrons. The van der Waals surface area contributed by atoms with E-state index >= 15 is 0 Å². The van der Waals surface area contributed by atoms with Crippen molar-refractivity contribution in [2.75, 3.05) is 13.2 Å². The molecule has 0 bridgehead atoms. The van der Waals surface area contributed by atoms with Gasteiger partial charge in [-0.2, -0.15) is 0 Å². The second kappa shape index (κ2) is 3.79. The number of halogens is 1. The molecule has 3 rings (SSSR count). The van der Waals surface area contributed by atoms with Gasteiger partial charge < -0.3 is 14.6 Å². The third-order valence-electron chi connectivity index (χ3n) is 3.48. The van der Waals surface area contributed by atoms with Gasteiger partial charge in [-0.1, -0.05) is 11.6 Å². The average molecular weight is 255 g/mol. The SMILES string of the molecule is Cc1c(CC2(O)CC2)c(Cl)cc2c1OCCO2. The first kappa shape index (κ1) is 11.2. The summed E-state index contributed by atoms with van der Waals surface area (Å²) in [7, 11) is 0. The standard InChI is InChI=1S/C13H15ClO3/c1-8-9(7-13(15)2-3-13)10(14)6-11-12(8)17-5-4-16-11/h6,15H,2-5,7H2,1H3. The molecule has 1 fully saturated rings. The van der Waals surface area contributed by atoms with Gasteiger partial charge in [0.1, 0.15) is 13.2 Å². The summed E-state index contributed by atoms with van der Waals surface area (Å²) < 4.78 is 11.1. The smallest absolute Gasteiger partial charge is 0.164 e. The Kier molecular flexibility index (Phi) is 2.49. The zero-order valence-corrected chi connectivity index (χ0v) is 10.5. The van der Waals surface area contributed by atoms with Crippen LogP contribution in [0, 0.1) is 6.92 Å².